The van der Waals surface area contributed by atoms with E-state index in [2.05, 4.69) is 15.0 Å². The average molecular weight is 488 g/mol. The Morgan fingerprint density at radius 1 is 0.943 bits per heavy atom. The fourth-order valence-corrected chi connectivity index (χ4v) is 4.26. The molecule has 0 aliphatic carbocycles. The van der Waals surface area contributed by atoms with E-state index >= 15 is 0 Å². The van der Waals surface area contributed by atoms with E-state index in [4.69, 9.17) is 25.8 Å². The molecule has 0 radical (unpaired) electrons. The minimum Gasteiger partial charge on any atom is -0.493 e. The first-order valence-corrected chi connectivity index (χ1v) is 11.2. The van der Waals surface area contributed by atoms with Crippen molar-refractivity contribution in [2.24, 2.45) is 0 Å². The van der Waals surface area contributed by atoms with Crippen LogP contribution >= 0.6 is 11.6 Å². The predicted octanol–water partition coefficient (Wildman–Crippen LogP) is 6.15. The summed E-state index contributed by atoms with van der Waals surface area (Å²) in [6, 6.07) is 16.5. The lowest BCUT2D eigenvalue weighted by Crippen LogP contribution is -2.06. The van der Waals surface area contributed by atoms with Crippen LogP contribution in [0.5, 0.6) is 17.2 Å². The van der Waals surface area contributed by atoms with Gasteiger partial charge in [0.25, 0.3) is 0 Å². The summed E-state index contributed by atoms with van der Waals surface area (Å²) >= 11 is 6.17. The maximum Gasteiger partial charge on any atom is 0.203 e. The predicted molar refractivity (Wildman–Crippen MR) is 138 cm³/mol. The summed E-state index contributed by atoms with van der Waals surface area (Å²) in [7, 11) is 4.54. The van der Waals surface area contributed by atoms with Gasteiger partial charge < -0.3 is 24.2 Å². The van der Waals surface area contributed by atoms with Crippen LogP contribution in [-0.4, -0.2) is 42.1 Å². The molecular formula is C27H22ClN3O4. The van der Waals surface area contributed by atoms with Gasteiger partial charge in [0, 0.05) is 33.2 Å². The summed E-state index contributed by atoms with van der Waals surface area (Å²) in [5.41, 5.74) is 3.99. The number of imidazole rings is 1. The second-order valence-electron chi connectivity index (χ2n) is 7.84. The molecule has 0 bridgehead atoms. The third-order valence-corrected chi connectivity index (χ3v) is 6.03. The number of nitrogens with zero attached hydrogens (tertiary/aromatic N) is 1. The largest absolute Gasteiger partial charge is 0.493 e. The van der Waals surface area contributed by atoms with Crippen LogP contribution in [0.1, 0.15) is 21.7 Å². The molecule has 0 amide bonds. The Balaban J connectivity index is 1.71. The number of carbonyl (C=O) groups is 1. The summed E-state index contributed by atoms with van der Waals surface area (Å²) in [5.74, 6) is 1.34. The molecule has 35 heavy (non-hydrogen) atoms. The summed E-state index contributed by atoms with van der Waals surface area (Å²) < 4.78 is 16.3. The monoisotopic (exact) mass is 487 g/mol. The lowest BCUT2D eigenvalue weighted by atomic mass is 9.99. The number of ether oxygens (including phenoxy) is 3. The number of ketones is 1. The van der Waals surface area contributed by atoms with Gasteiger partial charge in [0.2, 0.25) is 5.75 Å². The van der Waals surface area contributed by atoms with Crippen LogP contribution < -0.4 is 14.2 Å². The molecule has 0 saturated carbocycles. The molecular weight excluding hydrogens is 466 g/mol. The number of methoxy groups -OCH3 is 3. The van der Waals surface area contributed by atoms with Crippen LogP contribution in [-0.2, 0) is 0 Å². The zero-order chi connectivity index (χ0) is 24.5. The maximum absolute atomic E-state index is 14.0. The van der Waals surface area contributed by atoms with Crippen LogP contribution in [0.2, 0.25) is 5.02 Å². The molecule has 3 aromatic carbocycles. The smallest absolute Gasteiger partial charge is 0.203 e. The van der Waals surface area contributed by atoms with E-state index in [1.807, 2.05) is 42.6 Å². The van der Waals surface area contributed by atoms with Gasteiger partial charge in [-0.3, -0.25) is 4.79 Å². The van der Waals surface area contributed by atoms with E-state index in [0.29, 0.717) is 44.7 Å². The van der Waals surface area contributed by atoms with Crippen LogP contribution in [0.25, 0.3) is 33.6 Å². The number of halogens is 1. The summed E-state index contributed by atoms with van der Waals surface area (Å²) in [6.07, 6.45) is 3.69. The van der Waals surface area contributed by atoms with Gasteiger partial charge in [-0.1, -0.05) is 29.8 Å². The lowest BCUT2D eigenvalue weighted by molar-refractivity contribution is 0.105. The van der Waals surface area contributed by atoms with Crippen molar-refractivity contribution in [3.05, 3.63) is 82.8 Å². The van der Waals surface area contributed by atoms with Crippen molar-refractivity contribution in [3.63, 3.8) is 0 Å². The molecule has 0 aliphatic rings. The summed E-state index contributed by atoms with van der Waals surface area (Å²) in [6.45, 7) is 0. The number of benzene rings is 3. The van der Waals surface area contributed by atoms with E-state index in [9.17, 15) is 4.79 Å². The zero-order valence-electron chi connectivity index (χ0n) is 19.3. The number of aromatic nitrogens is 3. The molecule has 0 aliphatic heterocycles. The molecule has 0 saturated heterocycles. The van der Waals surface area contributed by atoms with Crippen molar-refractivity contribution in [3.8, 4) is 17.2 Å². The first-order chi connectivity index (χ1) is 17.0. The normalized spacial score (nSPS) is 11.7. The molecule has 0 spiro atoms. The number of allylic oxidation sites excluding steroid dienone is 1. The number of hydrogen-bond donors (Lipinski definition) is 2. The third-order valence-electron chi connectivity index (χ3n) is 5.79. The number of fused-ring (bicyclic) bond motifs is 2. The Morgan fingerprint density at radius 3 is 2.40 bits per heavy atom. The SMILES string of the molecule is COc1cc(C(=O)C(=Cc2c[nH]c3ccccc23)c2nc3ccc(Cl)cc3[nH]2)cc(OC)c1OC. The number of H-pyrrole nitrogens is 2. The highest BCUT2D eigenvalue weighted by atomic mass is 35.5. The summed E-state index contributed by atoms with van der Waals surface area (Å²) in [4.78, 5) is 25.1. The van der Waals surface area contributed by atoms with Gasteiger partial charge in [-0.25, -0.2) is 4.98 Å². The van der Waals surface area contributed by atoms with Gasteiger partial charge in [0.1, 0.15) is 5.82 Å². The molecule has 5 aromatic rings. The van der Waals surface area contributed by atoms with E-state index < -0.39 is 0 Å². The van der Waals surface area contributed by atoms with Crippen molar-refractivity contribution >= 4 is 51.0 Å². The Labute approximate surface area is 206 Å². The molecule has 0 unspecified atom stereocenters. The number of carbonyl (C=O) groups excluding carboxylic acids is 1. The molecule has 2 aromatic heterocycles. The van der Waals surface area contributed by atoms with Gasteiger partial charge in [0.15, 0.2) is 17.3 Å². The van der Waals surface area contributed by atoms with Gasteiger partial charge >= 0.3 is 0 Å². The quantitative estimate of drug-likeness (QED) is 0.212. The average Bonchev–Trinajstić information content (AvgIpc) is 3.49. The van der Waals surface area contributed by atoms with Crippen molar-refractivity contribution in [1.82, 2.24) is 15.0 Å². The fourth-order valence-electron chi connectivity index (χ4n) is 4.09. The van der Waals surface area contributed by atoms with Crippen molar-refractivity contribution in [1.29, 1.82) is 0 Å². The number of hydrogen-bond acceptors (Lipinski definition) is 5. The number of Topliss-reactive ketones (excluding diaryl/α,β-unsaturated/α-hetero) is 1. The van der Waals surface area contributed by atoms with Crippen LogP contribution in [0.4, 0.5) is 0 Å². The topological polar surface area (TPSA) is 89.2 Å². The highest BCUT2D eigenvalue weighted by Gasteiger charge is 2.23. The van der Waals surface area contributed by atoms with E-state index in [0.717, 1.165) is 22.0 Å². The molecule has 0 fully saturated rings. The first kappa shape index (κ1) is 22.6. The lowest BCUT2D eigenvalue weighted by Gasteiger charge is -2.14. The molecule has 8 heteroatoms. The number of para-hydroxylation sites is 1. The Bertz CT molecular complexity index is 1570. The van der Waals surface area contributed by atoms with Crippen LogP contribution in [0.15, 0.2) is 60.8 Å². The van der Waals surface area contributed by atoms with E-state index in [-0.39, 0.29) is 5.78 Å². The van der Waals surface area contributed by atoms with Gasteiger partial charge in [-0.2, -0.15) is 0 Å². The standard InChI is InChI=1S/C27H22ClN3O4/c1-33-23-11-15(12-24(34-2)26(23)35-3)25(32)19(10-16-14-29-20-7-5-4-6-18(16)20)27-30-21-9-8-17(28)13-22(21)31-27/h4-14,29H,1-3H3,(H,30,31). The molecule has 0 atom stereocenters. The zero-order valence-corrected chi connectivity index (χ0v) is 20.1. The van der Waals surface area contributed by atoms with Gasteiger partial charge in [-0.15, -0.1) is 0 Å². The molecule has 2 N–H and O–H groups in total. The Kier molecular flexibility index (Phi) is 5.93. The van der Waals surface area contributed by atoms with Crippen LogP contribution in [0, 0.1) is 0 Å². The number of nitrogens with one attached hydrogen (secondary N) is 2. The van der Waals surface area contributed by atoms with Crippen molar-refractivity contribution < 1.29 is 19.0 Å². The highest BCUT2D eigenvalue weighted by Crippen LogP contribution is 2.39. The Morgan fingerprint density at radius 2 is 1.69 bits per heavy atom. The van der Waals surface area contributed by atoms with Crippen molar-refractivity contribution in [2.75, 3.05) is 21.3 Å². The highest BCUT2D eigenvalue weighted by molar-refractivity contribution is 6.33. The first-order valence-electron chi connectivity index (χ1n) is 10.8. The third kappa shape index (κ3) is 4.11. The van der Waals surface area contributed by atoms with E-state index in [1.165, 1.54) is 21.3 Å². The number of rotatable bonds is 7. The van der Waals surface area contributed by atoms with Gasteiger partial charge in [0.05, 0.1) is 37.9 Å². The Hall–Kier alpha value is -4.23. The molecule has 5 rings (SSSR count). The van der Waals surface area contributed by atoms with E-state index in [1.54, 1.807) is 24.3 Å². The minimum absolute atomic E-state index is 0.264. The second kappa shape index (κ2) is 9.19. The van der Waals surface area contributed by atoms with Gasteiger partial charge in [-0.05, 0) is 42.5 Å². The molecule has 7 nitrogen and oxygen atoms in total. The minimum atomic E-state index is -0.264. The fraction of sp³-hybridized carbons (Fsp3) is 0.111. The van der Waals surface area contributed by atoms with Crippen molar-refractivity contribution in [2.45, 2.75) is 0 Å². The molecule has 2 heterocycles. The maximum atomic E-state index is 14.0. The van der Waals surface area contributed by atoms with Crippen LogP contribution in [0.3, 0.4) is 0 Å². The molecule has 176 valence electrons. The number of aromatic amines is 2. The second-order valence-corrected chi connectivity index (χ2v) is 8.27. The summed E-state index contributed by atoms with van der Waals surface area (Å²) in [5, 5.41) is 1.56.